The van der Waals surface area contributed by atoms with E-state index in [0.717, 1.165) is 81.0 Å². The van der Waals surface area contributed by atoms with Crippen LogP contribution in [0.4, 0.5) is 11.4 Å². The summed E-state index contributed by atoms with van der Waals surface area (Å²) in [5, 5.41) is 5.10. The highest BCUT2D eigenvalue weighted by molar-refractivity contribution is 7.80. The maximum Gasteiger partial charge on any atom is 0.174 e. The average Bonchev–Trinajstić information content (AvgIpc) is 3.48. The highest BCUT2D eigenvalue weighted by Crippen LogP contribution is 2.45. The minimum atomic E-state index is -0.0850. The quantitative estimate of drug-likeness (QED) is 0.287. The molecule has 3 aliphatic heterocycles. The Hall–Kier alpha value is -2.65. The first kappa shape index (κ1) is 30.4. The van der Waals surface area contributed by atoms with Gasteiger partial charge in [-0.25, -0.2) is 0 Å². The number of halogens is 1. The highest BCUT2D eigenvalue weighted by atomic mass is 35.5. The summed E-state index contributed by atoms with van der Waals surface area (Å²) in [5.74, 6) is 1.31. The van der Waals surface area contributed by atoms with Crippen LogP contribution in [-0.4, -0.2) is 65.5 Å². The number of aromatic nitrogens is 2. The highest BCUT2D eigenvalue weighted by Gasteiger charge is 2.42. The molecule has 0 aliphatic carbocycles. The van der Waals surface area contributed by atoms with E-state index < -0.39 is 0 Å². The van der Waals surface area contributed by atoms with Crippen LogP contribution >= 0.6 is 23.8 Å². The van der Waals surface area contributed by atoms with Gasteiger partial charge in [0.2, 0.25) is 0 Å². The minimum absolute atomic E-state index is 0.0569. The number of rotatable bonds is 8. The number of nitrogens with one attached hydrogen (secondary N) is 1. The van der Waals surface area contributed by atoms with Crippen molar-refractivity contribution in [3.8, 4) is 0 Å². The van der Waals surface area contributed by atoms with Gasteiger partial charge in [-0.1, -0.05) is 31.5 Å². The monoisotopic (exact) mass is 620 g/mol. The van der Waals surface area contributed by atoms with E-state index >= 15 is 0 Å². The van der Waals surface area contributed by atoms with Crippen LogP contribution < -0.4 is 15.1 Å². The summed E-state index contributed by atoms with van der Waals surface area (Å²) in [6.45, 7) is 17.0. The van der Waals surface area contributed by atoms with Gasteiger partial charge in [-0.2, -0.15) is 0 Å². The lowest BCUT2D eigenvalue weighted by atomic mass is 9.91. The summed E-state index contributed by atoms with van der Waals surface area (Å²) in [7, 11) is 0. The molecule has 43 heavy (non-hydrogen) atoms. The zero-order chi connectivity index (χ0) is 30.1. The van der Waals surface area contributed by atoms with Gasteiger partial charge < -0.3 is 24.4 Å². The summed E-state index contributed by atoms with van der Waals surface area (Å²) in [6.07, 6.45) is 4.23. The van der Waals surface area contributed by atoms with Gasteiger partial charge in [0.15, 0.2) is 5.11 Å². The second-order valence-electron chi connectivity index (χ2n) is 12.8. The van der Waals surface area contributed by atoms with Crippen molar-refractivity contribution < 1.29 is 4.74 Å². The summed E-state index contributed by atoms with van der Waals surface area (Å²) < 4.78 is 8.01. The Morgan fingerprint density at radius 1 is 1.02 bits per heavy atom. The van der Waals surface area contributed by atoms with Gasteiger partial charge in [-0.15, -0.1) is 0 Å². The minimum Gasteiger partial charge on any atom is -0.379 e. The molecule has 0 saturated carbocycles. The summed E-state index contributed by atoms with van der Waals surface area (Å²) in [6, 6.07) is 14.8. The van der Waals surface area contributed by atoms with Crippen LogP contribution in [0.1, 0.15) is 61.4 Å². The predicted molar refractivity (Wildman–Crippen MR) is 180 cm³/mol. The molecule has 5 heterocycles. The number of hydrogen-bond acceptors (Lipinski definition) is 5. The van der Waals surface area contributed by atoms with Crippen LogP contribution in [0.25, 0.3) is 0 Å². The molecule has 1 N–H and O–H groups in total. The molecule has 0 bridgehead atoms. The second-order valence-corrected chi connectivity index (χ2v) is 13.6. The van der Waals surface area contributed by atoms with E-state index in [9.17, 15) is 0 Å². The molecular formula is C34H45ClN6OS. The lowest BCUT2D eigenvalue weighted by Crippen LogP contribution is -2.38. The molecule has 230 valence electrons. The molecule has 4 atom stereocenters. The van der Waals surface area contributed by atoms with Gasteiger partial charge in [0.25, 0.3) is 0 Å². The first-order valence-electron chi connectivity index (χ1n) is 15.8. The van der Waals surface area contributed by atoms with Crippen molar-refractivity contribution in [2.24, 2.45) is 11.8 Å². The molecule has 6 rings (SSSR count). The summed E-state index contributed by atoms with van der Waals surface area (Å²) >= 11 is 13.1. The second kappa shape index (κ2) is 13.1. The maximum absolute atomic E-state index is 7.05. The van der Waals surface area contributed by atoms with Crippen molar-refractivity contribution in [2.45, 2.75) is 59.2 Å². The number of pyridine rings is 1. The molecule has 7 nitrogen and oxygen atoms in total. The zero-order valence-electron chi connectivity index (χ0n) is 25.9. The Labute approximate surface area is 267 Å². The molecule has 2 aromatic heterocycles. The van der Waals surface area contributed by atoms with Gasteiger partial charge in [-0.05, 0) is 92.7 Å². The fourth-order valence-electron chi connectivity index (χ4n) is 7.46. The van der Waals surface area contributed by atoms with Gasteiger partial charge in [0, 0.05) is 62.5 Å². The van der Waals surface area contributed by atoms with Crippen molar-refractivity contribution in [3.63, 3.8) is 0 Å². The normalized spacial score (nSPS) is 24.9. The number of nitrogens with zero attached hydrogens (tertiary/aromatic N) is 5. The van der Waals surface area contributed by atoms with Crippen molar-refractivity contribution in [1.29, 1.82) is 0 Å². The van der Waals surface area contributed by atoms with E-state index in [1.807, 2.05) is 18.3 Å². The third kappa shape index (κ3) is 6.44. The van der Waals surface area contributed by atoms with Gasteiger partial charge in [0.05, 0.1) is 41.7 Å². The summed E-state index contributed by atoms with van der Waals surface area (Å²) in [5.41, 5.74) is 6.91. The number of morpholine rings is 1. The van der Waals surface area contributed by atoms with Crippen molar-refractivity contribution in [3.05, 3.63) is 76.3 Å². The molecule has 0 unspecified atom stereocenters. The Bertz CT molecular complexity index is 1410. The fourth-order valence-corrected chi connectivity index (χ4v) is 8.10. The first-order chi connectivity index (χ1) is 20.8. The predicted octanol–water partition coefficient (Wildman–Crippen LogP) is 6.54. The molecule has 0 spiro atoms. The topological polar surface area (TPSA) is 48.8 Å². The van der Waals surface area contributed by atoms with E-state index in [0.29, 0.717) is 16.9 Å². The van der Waals surface area contributed by atoms with E-state index in [4.69, 9.17) is 33.5 Å². The number of benzene rings is 1. The van der Waals surface area contributed by atoms with Crippen molar-refractivity contribution >= 4 is 40.3 Å². The van der Waals surface area contributed by atoms with Gasteiger partial charge in [0.1, 0.15) is 0 Å². The van der Waals surface area contributed by atoms with Crippen molar-refractivity contribution in [2.75, 3.05) is 55.7 Å². The number of thiocarbonyl (C=S) groups is 1. The number of hydrogen-bond donors (Lipinski definition) is 1. The number of anilines is 2. The van der Waals surface area contributed by atoms with Crippen LogP contribution in [0.15, 0.2) is 48.7 Å². The van der Waals surface area contributed by atoms with Crippen LogP contribution in [-0.2, 0) is 11.3 Å². The fraction of sp³-hybridized carbons (Fsp3) is 0.529. The molecule has 3 aromatic rings. The first-order valence-corrected chi connectivity index (χ1v) is 16.6. The van der Waals surface area contributed by atoms with Crippen LogP contribution in [0.2, 0.25) is 5.02 Å². The van der Waals surface area contributed by atoms with E-state index in [1.54, 1.807) is 0 Å². The Balaban J connectivity index is 1.31. The van der Waals surface area contributed by atoms with Crippen LogP contribution in [0.5, 0.6) is 0 Å². The Morgan fingerprint density at radius 3 is 2.49 bits per heavy atom. The third-order valence-electron chi connectivity index (χ3n) is 9.41. The molecule has 1 aromatic carbocycles. The van der Waals surface area contributed by atoms with E-state index in [-0.39, 0.29) is 12.1 Å². The molecular weight excluding hydrogens is 576 g/mol. The zero-order valence-corrected chi connectivity index (χ0v) is 27.5. The Morgan fingerprint density at radius 2 is 1.79 bits per heavy atom. The van der Waals surface area contributed by atoms with Crippen LogP contribution in [0.3, 0.4) is 0 Å². The van der Waals surface area contributed by atoms with E-state index in [1.165, 1.54) is 23.4 Å². The molecule has 9 heteroatoms. The maximum atomic E-state index is 7.05. The van der Waals surface area contributed by atoms with Crippen molar-refractivity contribution in [1.82, 2.24) is 19.8 Å². The van der Waals surface area contributed by atoms with E-state index in [2.05, 4.69) is 82.6 Å². The largest absolute Gasteiger partial charge is 0.379 e. The number of aryl methyl sites for hydroxylation is 1. The standard InChI is InChI=1S/C34H45ClN6OS/c1-23-18-24(2)22-39(21-23)31-10-9-27(20-29(31)35)41-33(32(37-34(41)43)30-8-5-6-11-36-30)28-19-25(3)40(26(28)4)13-7-12-38-14-16-42-17-15-38/h5-6,8-11,19-20,23-24,32-33H,7,12-18,21-22H2,1-4H3,(H,37,43)/t23-,24-,32+,33-/m1/s1. The molecule has 3 fully saturated rings. The van der Waals surface area contributed by atoms with Gasteiger partial charge in [-0.3, -0.25) is 9.88 Å². The lowest BCUT2D eigenvalue weighted by Gasteiger charge is -2.37. The number of ether oxygens (including phenoxy) is 1. The third-order valence-corrected chi connectivity index (χ3v) is 10.0. The van der Waals surface area contributed by atoms with Gasteiger partial charge >= 0.3 is 0 Å². The Kier molecular flexibility index (Phi) is 9.29. The molecule has 3 saturated heterocycles. The number of piperidine rings is 1. The molecule has 0 radical (unpaired) electrons. The smallest absolute Gasteiger partial charge is 0.174 e. The lowest BCUT2D eigenvalue weighted by molar-refractivity contribution is 0.0369. The summed E-state index contributed by atoms with van der Waals surface area (Å²) in [4.78, 5) is 12.0. The molecule has 0 amide bonds. The SMILES string of the molecule is Cc1cc([C@@H]2[C@H](c3ccccn3)NC(=S)N2c2ccc(N3C[C@H](C)C[C@@H](C)C3)c(Cl)c2)c(C)n1CCCN1CCOCC1. The molecule has 3 aliphatic rings. The van der Waals surface area contributed by atoms with Crippen LogP contribution in [0, 0.1) is 25.7 Å². The average molecular weight is 621 g/mol.